The van der Waals surface area contributed by atoms with Gasteiger partial charge in [0.25, 0.3) is 0 Å². The first-order chi connectivity index (χ1) is 34.8. The quantitative estimate of drug-likeness (QED) is 0.140. The SMILES string of the molecule is c1ccc(-c2ccc(-c3cccc4ccccc34)cc2N(c2ccccc2-c2cccc3cccc(-c4ccccc4)c23)c2ccccc2-c2cccc3c4ccccc4n(-c4ccccc4)c23)cc1. The van der Waals surface area contributed by atoms with Crippen molar-refractivity contribution < 1.29 is 0 Å². The summed E-state index contributed by atoms with van der Waals surface area (Å²) in [5.74, 6) is 0. The molecule has 0 aliphatic carbocycles. The maximum atomic E-state index is 2.56. The summed E-state index contributed by atoms with van der Waals surface area (Å²) >= 11 is 0. The van der Waals surface area contributed by atoms with Crippen LogP contribution in [0, 0.1) is 0 Å². The second-order valence-corrected chi connectivity index (χ2v) is 18.0. The Balaban J connectivity index is 1.15. The highest BCUT2D eigenvalue weighted by Crippen LogP contribution is 2.51. The number of benzene rings is 12. The molecule has 0 bridgehead atoms. The molecule has 0 fully saturated rings. The second-order valence-electron chi connectivity index (χ2n) is 18.0. The first kappa shape index (κ1) is 41.0. The van der Waals surface area contributed by atoms with Crippen molar-refractivity contribution in [3.63, 3.8) is 0 Å². The minimum atomic E-state index is 1.07. The van der Waals surface area contributed by atoms with Crippen LogP contribution in [0.15, 0.2) is 279 Å². The maximum absolute atomic E-state index is 2.56. The lowest BCUT2D eigenvalue weighted by molar-refractivity contribution is 1.18. The molecule has 0 radical (unpaired) electrons. The van der Waals surface area contributed by atoms with Crippen LogP contribution in [0.4, 0.5) is 17.1 Å². The van der Waals surface area contributed by atoms with E-state index in [9.17, 15) is 0 Å². The lowest BCUT2D eigenvalue weighted by atomic mass is 9.89. The predicted molar refractivity (Wildman–Crippen MR) is 298 cm³/mol. The molecule has 0 atom stereocenters. The second kappa shape index (κ2) is 17.4. The molecule has 0 spiro atoms. The number of rotatable bonds is 9. The molecule has 13 rings (SSSR count). The van der Waals surface area contributed by atoms with Gasteiger partial charge in [-0.15, -0.1) is 0 Å². The van der Waals surface area contributed by atoms with Crippen LogP contribution in [0.1, 0.15) is 0 Å². The number of para-hydroxylation sites is 5. The highest BCUT2D eigenvalue weighted by molar-refractivity contribution is 6.16. The van der Waals surface area contributed by atoms with Gasteiger partial charge in [0.05, 0.1) is 28.1 Å². The molecule has 2 nitrogen and oxygen atoms in total. The van der Waals surface area contributed by atoms with Crippen molar-refractivity contribution >= 4 is 60.4 Å². The van der Waals surface area contributed by atoms with Crippen molar-refractivity contribution in [3.05, 3.63) is 279 Å². The van der Waals surface area contributed by atoms with Crippen molar-refractivity contribution in [1.82, 2.24) is 4.57 Å². The molecule has 328 valence electrons. The highest BCUT2D eigenvalue weighted by Gasteiger charge is 2.27. The lowest BCUT2D eigenvalue weighted by Crippen LogP contribution is -2.14. The summed E-state index contributed by atoms with van der Waals surface area (Å²) in [7, 11) is 0. The molecule has 2 heteroatoms. The summed E-state index contributed by atoms with van der Waals surface area (Å²) in [4.78, 5) is 2.56. The van der Waals surface area contributed by atoms with Crippen molar-refractivity contribution in [2.75, 3.05) is 4.90 Å². The van der Waals surface area contributed by atoms with Crippen LogP contribution in [-0.2, 0) is 0 Å². The van der Waals surface area contributed by atoms with E-state index in [1.807, 2.05) is 0 Å². The Morgan fingerprint density at radius 3 is 1.47 bits per heavy atom. The number of aromatic nitrogens is 1. The summed E-state index contributed by atoms with van der Waals surface area (Å²) in [6.45, 7) is 0. The summed E-state index contributed by atoms with van der Waals surface area (Å²) in [6.07, 6.45) is 0. The standard InChI is InChI=1S/C68H46N2/c1-4-22-48(23-5-1)55-45-44-51(54-36-18-27-47-26-10-11-32-53(47)54)46-66(55)70(64-42-16-12-33-57(64)60-38-20-29-50-28-19-37-56(67(50)60)49-24-6-2-7-25-49)65-43-17-14-35-59(65)62-40-21-39-61-58-34-13-15-41-63(58)69(68(61)62)52-30-8-3-9-31-52/h1-46H. The van der Waals surface area contributed by atoms with E-state index < -0.39 is 0 Å². The van der Waals surface area contributed by atoms with Crippen LogP contribution in [0.5, 0.6) is 0 Å². The number of fused-ring (bicyclic) bond motifs is 5. The Morgan fingerprint density at radius 1 is 0.257 bits per heavy atom. The Hall–Kier alpha value is -9.24. The van der Waals surface area contributed by atoms with Gasteiger partial charge in [0.1, 0.15) is 0 Å². The van der Waals surface area contributed by atoms with Gasteiger partial charge in [-0.2, -0.15) is 0 Å². The zero-order valence-corrected chi connectivity index (χ0v) is 38.5. The highest BCUT2D eigenvalue weighted by atomic mass is 15.2. The van der Waals surface area contributed by atoms with E-state index in [2.05, 4.69) is 289 Å². The first-order valence-electron chi connectivity index (χ1n) is 24.1. The van der Waals surface area contributed by atoms with Crippen LogP contribution in [0.2, 0.25) is 0 Å². The Kier molecular flexibility index (Phi) is 10.2. The molecular formula is C68H46N2. The topological polar surface area (TPSA) is 8.17 Å². The van der Waals surface area contributed by atoms with E-state index in [0.29, 0.717) is 0 Å². The smallest absolute Gasteiger partial charge is 0.0620 e. The number of nitrogens with zero attached hydrogens (tertiary/aromatic N) is 2. The van der Waals surface area contributed by atoms with Gasteiger partial charge in [-0.25, -0.2) is 0 Å². The Morgan fingerprint density at radius 2 is 0.743 bits per heavy atom. The molecule has 0 saturated heterocycles. The zero-order chi connectivity index (χ0) is 46.4. The number of hydrogen-bond acceptors (Lipinski definition) is 1. The van der Waals surface area contributed by atoms with Crippen molar-refractivity contribution in [2.45, 2.75) is 0 Å². The molecule has 0 unspecified atom stereocenters. The fraction of sp³-hybridized carbons (Fsp3) is 0. The zero-order valence-electron chi connectivity index (χ0n) is 38.5. The third kappa shape index (κ3) is 6.97. The summed E-state index contributed by atoms with van der Waals surface area (Å²) in [5, 5.41) is 7.30. The third-order valence-corrected chi connectivity index (χ3v) is 14.0. The molecule has 13 aromatic rings. The summed E-state index contributed by atoms with van der Waals surface area (Å²) < 4.78 is 2.45. The van der Waals surface area contributed by atoms with Gasteiger partial charge < -0.3 is 9.47 Å². The van der Waals surface area contributed by atoms with Gasteiger partial charge in [0.15, 0.2) is 0 Å². The fourth-order valence-corrected chi connectivity index (χ4v) is 10.9. The summed E-state index contributed by atoms with van der Waals surface area (Å²) in [5.41, 5.74) is 18.3. The predicted octanol–water partition coefficient (Wildman–Crippen LogP) is 18.9. The monoisotopic (exact) mass is 890 g/mol. The van der Waals surface area contributed by atoms with E-state index in [-0.39, 0.29) is 0 Å². The molecule has 1 heterocycles. The van der Waals surface area contributed by atoms with E-state index in [4.69, 9.17) is 0 Å². The summed E-state index contributed by atoms with van der Waals surface area (Å²) in [6, 6.07) is 102. The van der Waals surface area contributed by atoms with Gasteiger partial charge in [-0.1, -0.05) is 243 Å². The van der Waals surface area contributed by atoms with Crippen molar-refractivity contribution in [1.29, 1.82) is 0 Å². The van der Waals surface area contributed by atoms with Crippen LogP contribution in [0.25, 0.3) is 105 Å². The van der Waals surface area contributed by atoms with Gasteiger partial charge in [0, 0.05) is 38.7 Å². The maximum Gasteiger partial charge on any atom is 0.0620 e. The Labute approximate surface area is 408 Å². The van der Waals surface area contributed by atoms with E-state index in [0.717, 1.165) is 56.1 Å². The van der Waals surface area contributed by atoms with Gasteiger partial charge in [-0.3, -0.25) is 0 Å². The largest absolute Gasteiger partial charge is 0.309 e. The van der Waals surface area contributed by atoms with E-state index in [1.165, 1.54) is 65.6 Å². The van der Waals surface area contributed by atoms with Crippen LogP contribution in [-0.4, -0.2) is 4.57 Å². The molecule has 70 heavy (non-hydrogen) atoms. The molecule has 0 N–H and O–H groups in total. The molecule has 1 aromatic heterocycles. The number of hydrogen-bond donors (Lipinski definition) is 0. The van der Waals surface area contributed by atoms with E-state index in [1.54, 1.807) is 0 Å². The van der Waals surface area contributed by atoms with E-state index >= 15 is 0 Å². The molecular weight excluding hydrogens is 845 g/mol. The number of anilines is 3. The molecule has 0 amide bonds. The normalized spacial score (nSPS) is 11.4. The fourth-order valence-electron chi connectivity index (χ4n) is 10.9. The van der Waals surface area contributed by atoms with Crippen LogP contribution in [0.3, 0.4) is 0 Å². The third-order valence-electron chi connectivity index (χ3n) is 14.0. The average molecular weight is 891 g/mol. The first-order valence-corrected chi connectivity index (χ1v) is 24.1. The van der Waals surface area contributed by atoms with Crippen molar-refractivity contribution in [3.8, 4) is 61.3 Å². The van der Waals surface area contributed by atoms with Gasteiger partial charge >= 0.3 is 0 Å². The molecule has 12 aromatic carbocycles. The van der Waals surface area contributed by atoms with Crippen molar-refractivity contribution in [2.24, 2.45) is 0 Å². The minimum absolute atomic E-state index is 1.07. The average Bonchev–Trinajstić information content (AvgIpc) is 3.78. The Bertz CT molecular complexity index is 4050. The molecule has 0 aliphatic rings. The minimum Gasteiger partial charge on any atom is -0.309 e. The molecule has 0 saturated carbocycles. The van der Waals surface area contributed by atoms with Crippen LogP contribution < -0.4 is 4.90 Å². The van der Waals surface area contributed by atoms with Gasteiger partial charge in [0.2, 0.25) is 0 Å². The van der Waals surface area contributed by atoms with Gasteiger partial charge in [-0.05, 0) is 91.3 Å². The van der Waals surface area contributed by atoms with Crippen LogP contribution >= 0.6 is 0 Å². The molecule has 0 aliphatic heterocycles. The lowest BCUT2D eigenvalue weighted by Gasteiger charge is -2.32.